The van der Waals surface area contributed by atoms with Crippen LogP contribution in [0.1, 0.15) is 29.9 Å². The first kappa shape index (κ1) is 23.8. The second-order valence-corrected chi connectivity index (χ2v) is 9.25. The number of carboxylic acids is 1. The Morgan fingerprint density at radius 3 is 2.29 bits per heavy atom. The van der Waals surface area contributed by atoms with Crippen molar-refractivity contribution in [1.82, 2.24) is 15.1 Å². The Morgan fingerprint density at radius 1 is 1.09 bits per heavy atom. The number of likely N-dealkylation sites (tertiary alicyclic amines) is 1. The molecule has 0 spiro atoms. The molecule has 1 heterocycles. The van der Waals surface area contributed by atoms with E-state index in [0.717, 1.165) is 22.3 Å². The standard InChI is InChI=1S/C26H31N3O5/c1-28(2)15-23(24(30)29-13-7-8-17(14-29)25(31)32)27-26(33)34-16-22-20-11-5-3-9-18(20)19-10-4-6-12-21(19)22/h3-6,9-12,17,22-23H,7-8,13-16H2,1-2H3,(H,27,33)(H,31,32)/t17-,23+/m1/s1. The van der Waals surface area contributed by atoms with Crippen molar-refractivity contribution in [2.75, 3.05) is 40.3 Å². The number of carboxylic acid groups (broad SMARTS) is 1. The first-order chi connectivity index (χ1) is 16.3. The van der Waals surface area contributed by atoms with Gasteiger partial charge < -0.3 is 25.0 Å². The molecule has 34 heavy (non-hydrogen) atoms. The normalized spacial score (nSPS) is 18.2. The van der Waals surface area contributed by atoms with Crippen LogP contribution in [0.2, 0.25) is 0 Å². The van der Waals surface area contributed by atoms with Crippen LogP contribution in [0.15, 0.2) is 48.5 Å². The van der Waals surface area contributed by atoms with Gasteiger partial charge in [0, 0.05) is 25.6 Å². The summed E-state index contributed by atoms with van der Waals surface area (Å²) < 4.78 is 5.62. The fourth-order valence-corrected chi connectivity index (χ4v) is 4.93. The number of amides is 2. The van der Waals surface area contributed by atoms with E-state index in [1.165, 1.54) is 0 Å². The third kappa shape index (κ3) is 5.07. The number of piperidine rings is 1. The molecule has 2 amide bonds. The van der Waals surface area contributed by atoms with E-state index in [9.17, 15) is 19.5 Å². The lowest BCUT2D eigenvalue weighted by Gasteiger charge is -2.34. The molecule has 0 unspecified atom stereocenters. The Labute approximate surface area is 199 Å². The third-order valence-electron chi connectivity index (χ3n) is 6.56. The van der Waals surface area contributed by atoms with E-state index in [1.807, 2.05) is 43.3 Å². The number of hydrogen-bond donors (Lipinski definition) is 2. The molecule has 1 aliphatic heterocycles. The quantitative estimate of drug-likeness (QED) is 0.653. The number of nitrogens with zero attached hydrogens (tertiary/aromatic N) is 2. The van der Waals surface area contributed by atoms with Crippen LogP contribution in [0.3, 0.4) is 0 Å². The van der Waals surface area contributed by atoms with Gasteiger partial charge in [-0.2, -0.15) is 0 Å². The molecule has 0 aromatic heterocycles. The first-order valence-electron chi connectivity index (χ1n) is 11.6. The van der Waals surface area contributed by atoms with E-state index < -0.39 is 24.0 Å². The monoisotopic (exact) mass is 465 g/mol. The molecule has 8 nitrogen and oxygen atoms in total. The highest BCUT2D eigenvalue weighted by atomic mass is 16.5. The fraction of sp³-hybridized carbons (Fsp3) is 0.423. The fourth-order valence-electron chi connectivity index (χ4n) is 4.93. The molecule has 2 atom stereocenters. The Hall–Kier alpha value is -3.39. The maximum Gasteiger partial charge on any atom is 0.407 e. The van der Waals surface area contributed by atoms with Gasteiger partial charge in [-0.3, -0.25) is 9.59 Å². The molecule has 8 heteroatoms. The maximum atomic E-state index is 13.2. The zero-order valence-electron chi connectivity index (χ0n) is 19.6. The minimum absolute atomic E-state index is 0.0698. The average Bonchev–Trinajstić information content (AvgIpc) is 3.15. The molecule has 4 rings (SSSR count). The molecule has 0 saturated carbocycles. The minimum Gasteiger partial charge on any atom is -0.481 e. The third-order valence-corrected chi connectivity index (χ3v) is 6.56. The van der Waals surface area contributed by atoms with E-state index in [4.69, 9.17) is 4.74 Å². The average molecular weight is 466 g/mol. The van der Waals surface area contributed by atoms with Crippen LogP contribution < -0.4 is 5.32 Å². The van der Waals surface area contributed by atoms with Gasteiger partial charge in [0.15, 0.2) is 0 Å². The van der Waals surface area contributed by atoms with Crippen molar-refractivity contribution < 1.29 is 24.2 Å². The van der Waals surface area contributed by atoms with E-state index in [1.54, 1.807) is 4.90 Å². The highest BCUT2D eigenvalue weighted by Gasteiger charge is 2.34. The van der Waals surface area contributed by atoms with Gasteiger partial charge in [0.2, 0.25) is 5.91 Å². The van der Waals surface area contributed by atoms with Crippen molar-refractivity contribution >= 4 is 18.0 Å². The first-order valence-corrected chi connectivity index (χ1v) is 11.6. The summed E-state index contributed by atoms with van der Waals surface area (Å²) in [5.74, 6) is -1.83. The number of benzene rings is 2. The number of ether oxygens (including phenoxy) is 1. The zero-order valence-corrected chi connectivity index (χ0v) is 19.6. The molecular formula is C26H31N3O5. The van der Waals surface area contributed by atoms with Crippen LogP contribution in [0.5, 0.6) is 0 Å². The molecule has 1 aliphatic carbocycles. The molecule has 2 N–H and O–H groups in total. The number of rotatable bonds is 7. The van der Waals surface area contributed by atoms with E-state index in [0.29, 0.717) is 19.4 Å². The van der Waals surface area contributed by atoms with Crippen molar-refractivity contribution in [3.63, 3.8) is 0 Å². The van der Waals surface area contributed by atoms with Crippen molar-refractivity contribution in [1.29, 1.82) is 0 Å². The number of fused-ring (bicyclic) bond motifs is 3. The van der Waals surface area contributed by atoms with Gasteiger partial charge in [0.05, 0.1) is 5.92 Å². The number of aliphatic carboxylic acids is 1. The van der Waals surface area contributed by atoms with Gasteiger partial charge >= 0.3 is 12.1 Å². The van der Waals surface area contributed by atoms with Crippen LogP contribution in [0.4, 0.5) is 4.79 Å². The maximum absolute atomic E-state index is 13.2. The van der Waals surface area contributed by atoms with Crippen LogP contribution in [0, 0.1) is 5.92 Å². The molecule has 0 bridgehead atoms. The zero-order chi connectivity index (χ0) is 24.2. The van der Waals surface area contributed by atoms with Gasteiger partial charge in [0.25, 0.3) is 0 Å². The summed E-state index contributed by atoms with van der Waals surface area (Å²) in [6.07, 6.45) is 0.522. The number of alkyl carbamates (subject to hydrolysis) is 1. The predicted octanol–water partition coefficient (Wildman–Crippen LogP) is 2.78. The van der Waals surface area contributed by atoms with Crippen molar-refractivity contribution in [2.45, 2.75) is 24.8 Å². The highest BCUT2D eigenvalue weighted by molar-refractivity contribution is 5.86. The number of nitrogens with one attached hydrogen (secondary N) is 1. The summed E-state index contributed by atoms with van der Waals surface area (Å²) in [6.45, 7) is 1.09. The second-order valence-electron chi connectivity index (χ2n) is 9.25. The lowest BCUT2D eigenvalue weighted by Crippen LogP contribution is -2.55. The summed E-state index contributed by atoms with van der Waals surface area (Å²) in [4.78, 5) is 40.7. The van der Waals surface area contributed by atoms with Crippen molar-refractivity contribution in [3.8, 4) is 11.1 Å². The smallest absolute Gasteiger partial charge is 0.407 e. The van der Waals surface area contributed by atoms with Gasteiger partial charge in [-0.15, -0.1) is 0 Å². The SMILES string of the molecule is CN(C)C[C@H](NC(=O)OCC1c2ccccc2-c2ccccc21)C(=O)N1CCC[C@@H](C(=O)O)C1. The predicted molar refractivity (Wildman–Crippen MR) is 127 cm³/mol. The van der Waals surface area contributed by atoms with Crippen LogP contribution in [-0.2, 0) is 14.3 Å². The number of hydrogen-bond acceptors (Lipinski definition) is 5. The number of likely N-dealkylation sites (N-methyl/N-ethyl adjacent to an activating group) is 1. The van der Waals surface area contributed by atoms with E-state index in [2.05, 4.69) is 29.6 Å². The lowest BCUT2D eigenvalue weighted by atomic mass is 9.97. The minimum atomic E-state index is -0.897. The molecule has 1 fully saturated rings. The lowest BCUT2D eigenvalue weighted by molar-refractivity contribution is -0.146. The largest absolute Gasteiger partial charge is 0.481 e. The molecule has 180 valence electrons. The van der Waals surface area contributed by atoms with Gasteiger partial charge in [-0.05, 0) is 49.2 Å². The summed E-state index contributed by atoms with van der Waals surface area (Å²) in [5, 5.41) is 12.1. The Balaban J connectivity index is 1.42. The second kappa shape index (κ2) is 10.3. The van der Waals surface area contributed by atoms with Crippen LogP contribution in [0.25, 0.3) is 11.1 Å². The van der Waals surface area contributed by atoms with Gasteiger partial charge in [0.1, 0.15) is 12.6 Å². The molecule has 2 aromatic carbocycles. The Kier molecular flexibility index (Phi) is 7.17. The molecule has 2 aliphatic rings. The van der Waals surface area contributed by atoms with Gasteiger partial charge in [-0.1, -0.05) is 48.5 Å². The summed E-state index contributed by atoms with van der Waals surface area (Å²) in [7, 11) is 3.63. The van der Waals surface area contributed by atoms with Crippen LogP contribution in [-0.4, -0.2) is 79.3 Å². The van der Waals surface area contributed by atoms with Gasteiger partial charge in [-0.25, -0.2) is 4.79 Å². The topological polar surface area (TPSA) is 99.2 Å². The number of carbonyl (C=O) groups excluding carboxylic acids is 2. The summed E-state index contributed by atoms with van der Waals surface area (Å²) in [6, 6.07) is 15.4. The molecular weight excluding hydrogens is 434 g/mol. The van der Waals surface area contributed by atoms with Crippen molar-refractivity contribution in [3.05, 3.63) is 59.7 Å². The Bertz CT molecular complexity index is 1020. The molecule has 1 saturated heterocycles. The Morgan fingerprint density at radius 2 is 1.71 bits per heavy atom. The summed E-state index contributed by atoms with van der Waals surface area (Å²) in [5.41, 5.74) is 4.52. The highest BCUT2D eigenvalue weighted by Crippen LogP contribution is 2.44. The van der Waals surface area contributed by atoms with E-state index in [-0.39, 0.29) is 31.5 Å². The molecule has 2 aromatic rings. The molecule has 0 radical (unpaired) electrons. The van der Waals surface area contributed by atoms with Crippen LogP contribution >= 0.6 is 0 Å². The number of carbonyl (C=O) groups is 3. The van der Waals surface area contributed by atoms with E-state index >= 15 is 0 Å². The summed E-state index contributed by atoms with van der Waals surface area (Å²) >= 11 is 0. The van der Waals surface area contributed by atoms with Crippen molar-refractivity contribution in [2.24, 2.45) is 5.92 Å².